The number of H-pyrrole nitrogens is 1. The third kappa shape index (κ3) is 2.05. The fourth-order valence-electron chi connectivity index (χ4n) is 2.37. The van der Waals surface area contributed by atoms with Crippen LogP contribution in [0.3, 0.4) is 0 Å². The van der Waals surface area contributed by atoms with Gasteiger partial charge in [0.1, 0.15) is 0 Å². The number of hydrogen-bond acceptors (Lipinski definition) is 3. The van der Waals surface area contributed by atoms with E-state index >= 15 is 0 Å². The molecule has 0 radical (unpaired) electrons. The van der Waals surface area contributed by atoms with E-state index in [4.69, 9.17) is 23.8 Å². The molecule has 104 valence electrons. The van der Waals surface area contributed by atoms with Crippen molar-refractivity contribution in [1.29, 1.82) is 0 Å². The Kier molecular flexibility index (Phi) is 3.14. The van der Waals surface area contributed by atoms with Gasteiger partial charge in [-0.15, -0.1) is 0 Å². The zero-order valence-corrected chi connectivity index (χ0v) is 13.0. The van der Waals surface area contributed by atoms with Crippen LogP contribution in [0.5, 0.6) is 0 Å². The summed E-state index contributed by atoms with van der Waals surface area (Å²) in [6, 6.07) is 1.83. The van der Waals surface area contributed by atoms with E-state index in [1.807, 2.05) is 29.3 Å². The number of aryl methyl sites for hydroxylation is 2. The van der Waals surface area contributed by atoms with E-state index < -0.39 is 0 Å². The summed E-state index contributed by atoms with van der Waals surface area (Å²) >= 11 is 11.3. The smallest absolute Gasteiger partial charge is 0.179 e. The van der Waals surface area contributed by atoms with Gasteiger partial charge in [0.15, 0.2) is 10.4 Å². The molecule has 0 spiro atoms. The molecular formula is C13H14ClN5S. The second-order valence-electron chi connectivity index (χ2n) is 4.81. The molecular weight excluding hydrogens is 294 g/mol. The van der Waals surface area contributed by atoms with Crippen LogP contribution in [0.2, 0.25) is 5.02 Å². The van der Waals surface area contributed by atoms with Crippen LogP contribution in [-0.4, -0.2) is 24.3 Å². The van der Waals surface area contributed by atoms with E-state index in [1.54, 1.807) is 6.20 Å². The summed E-state index contributed by atoms with van der Waals surface area (Å²) in [6.45, 7) is 4.71. The van der Waals surface area contributed by atoms with Gasteiger partial charge in [0.25, 0.3) is 0 Å². The van der Waals surface area contributed by atoms with E-state index in [0.717, 1.165) is 22.6 Å². The maximum atomic E-state index is 5.96. The van der Waals surface area contributed by atoms with E-state index in [0.29, 0.717) is 16.3 Å². The molecule has 3 heterocycles. The number of pyridine rings is 1. The van der Waals surface area contributed by atoms with Gasteiger partial charge in [-0.2, -0.15) is 5.10 Å². The highest BCUT2D eigenvalue weighted by molar-refractivity contribution is 7.71. The lowest BCUT2D eigenvalue weighted by Crippen LogP contribution is -2.03. The van der Waals surface area contributed by atoms with Gasteiger partial charge in [-0.25, -0.2) is 4.98 Å². The van der Waals surface area contributed by atoms with Crippen LogP contribution in [0.1, 0.15) is 17.0 Å². The molecule has 0 bridgehead atoms. The average molecular weight is 308 g/mol. The van der Waals surface area contributed by atoms with Gasteiger partial charge in [-0.05, 0) is 32.1 Å². The minimum Gasteiger partial charge on any atom is -0.329 e. The molecule has 0 saturated carbocycles. The molecule has 0 aliphatic rings. The van der Waals surface area contributed by atoms with Crippen LogP contribution < -0.4 is 0 Å². The Hall–Kier alpha value is -1.66. The number of aromatic nitrogens is 5. The average Bonchev–Trinajstić information content (AvgIpc) is 2.81. The molecule has 7 heteroatoms. The van der Waals surface area contributed by atoms with Crippen LogP contribution in [-0.2, 0) is 13.6 Å². The van der Waals surface area contributed by atoms with Crippen LogP contribution in [0, 0.1) is 18.6 Å². The van der Waals surface area contributed by atoms with Gasteiger partial charge in [0.05, 0.1) is 22.8 Å². The Labute approximate surface area is 126 Å². The fraction of sp³-hybridized carbons (Fsp3) is 0.308. The van der Waals surface area contributed by atoms with Crippen LogP contribution in [0.15, 0.2) is 12.3 Å². The van der Waals surface area contributed by atoms with Gasteiger partial charge >= 0.3 is 0 Å². The van der Waals surface area contributed by atoms with Crippen LogP contribution in [0.4, 0.5) is 0 Å². The fourth-order valence-corrected chi connectivity index (χ4v) is 2.79. The molecule has 3 aromatic heterocycles. The molecule has 0 aromatic carbocycles. The van der Waals surface area contributed by atoms with Gasteiger partial charge in [-0.1, -0.05) is 11.6 Å². The Balaban J connectivity index is 2.16. The lowest BCUT2D eigenvalue weighted by molar-refractivity contribution is 0.727. The molecule has 0 unspecified atom stereocenters. The minimum absolute atomic E-state index is 0.592. The third-order valence-electron chi connectivity index (χ3n) is 3.55. The first-order valence-corrected chi connectivity index (χ1v) is 6.99. The van der Waals surface area contributed by atoms with Crippen LogP contribution in [0.25, 0.3) is 11.2 Å². The van der Waals surface area contributed by atoms with Crippen molar-refractivity contribution in [3.8, 4) is 0 Å². The summed E-state index contributed by atoms with van der Waals surface area (Å²) < 4.78 is 4.49. The van der Waals surface area contributed by atoms with E-state index in [9.17, 15) is 0 Å². The van der Waals surface area contributed by atoms with Gasteiger partial charge in [-0.3, -0.25) is 9.25 Å². The second-order valence-corrected chi connectivity index (χ2v) is 5.64. The first-order chi connectivity index (χ1) is 9.47. The Morgan fingerprint density at radius 3 is 2.80 bits per heavy atom. The van der Waals surface area contributed by atoms with Crippen molar-refractivity contribution in [3.63, 3.8) is 0 Å². The first kappa shape index (κ1) is 13.3. The number of hydrogen-bond donors (Lipinski definition) is 1. The highest BCUT2D eigenvalue weighted by Crippen LogP contribution is 2.20. The molecule has 0 aliphatic heterocycles. The molecule has 1 N–H and O–H groups in total. The second kappa shape index (κ2) is 4.71. The quantitative estimate of drug-likeness (QED) is 0.740. The topological polar surface area (TPSA) is 51.4 Å². The Morgan fingerprint density at radius 2 is 2.15 bits per heavy atom. The lowest BCUT2D eigenvalue weighted by atomic mass is 10.2. The summed E-state index contributed by atoms with van der Waals surface area (Å²) in [5.74, 6) is 0. The van der Waals surface area contributed by atoms with Gasteiger partial charge < -0.3 is 4.98 Å². The zero-order chi connectivity index (χ0) is 14.4. The molecule has 3 aromatic rings. The maximum absolute atomic E-state index is 5.96. The SMILES string of the molecule is Cc1nn(C)c(C)c1Cn1c(=S)[nH]c2cc(Cl)cnc21. The number of aromatic amines is 1. The summed E-state index contributed by atoms with van der Waals surface area (Å²) in [5.41, 5.74) is 4.97. The molecule has 0 amide bonds. The van der Waals surface area contributed by atoms with Crippen molar-refractivity contribution in [1.82, 2.24) is 24.3 Å². The van der Waals surface area contributed by atoms with E-state index in [1.165, 1.54) is 5.56 Å². The maximum Gasteiger partial charge on any atom is 0.179 e. The number of halogens is 1. The number of nitrogens with zero attached hydrogens (tertiary/aromatic N) is 4. The summed E-state index contributed by atoms with van der Waals surface area (Å²) in [5, 5.41) is 5.02. The molecule has 20 heavy (non-hydrogen) atoms. The standard InChI is InChI=1S/C13H14ClN5S/c1-7-10(8(2)18(3)17-7)6-19-12-11(16-13(19)20)4-9(14)5-15-12/h4-5H,6H2,1-3H3,(H,16,20). The molecule has 3 rings (SSSR count). The monoisotopic (exact) mass is 307 g/mol. The zero-order valence-electron chi connectivity index (χ0n) is 11.4. The summed E-state index contributed by atoms with van der Waals surface area (Å²) in [4.78, 5) is 7.51. The van der Waals surface area contributed by atoms with E-state index in [2.05, 4.69) is 22.0 Å². The third-order valence-corrected chi connectivity index (χ3v) is 4.08. The molecule has 0 atom stereocenters. The Morgan fingerprint density at radius 1 is 1.40 bits per heavy atom. The van der Waals surface area contributed by atoms with Crippen molar-refractivity contribution in [3.05, 3.63) is 39.0 Å². The highest BCUT2D eigenvalue weighted by atomic mass is 35.5. The van der Waals surface area contributed by atoms with Crippen molar-refractivity contribution in [2.75, 3.05) is 0 Å². The number of rotatable bonds is 2. The van der Waals surface area contributed by atoms with Crippen molar-refractivity contribution < 1.29 is 0 Å². The number of imidazole rings is 1. The highest BCUT2D eigenvalue weighted by Gasteiger charge is 2.13. The first-order valence-electron chi connectivity index (χ1n) is 6.20. The molecule has 0 saturated heterocycles. The van der Waals surface area contributed by atoms with Crippen molar-refractivity contribution in [2.24, 2.45) is 7.05 Å². The summed E-state index contributed by atoms with van der Waals surface area (Å²) in [7, 11) is 1.94. The van der Waals surface area contributed by atoms with E-state index in [-0.39, 0.29) is 0 Å². The predicted octanol–water partition coefficient (Wildman–Crippen LogP) is 3.15. The molecule has 5 nitrogen and oxygen atoms in total. The number of nitrogens with one attached hydrogen (secondary N) is 1. The van der Waals surface area contributed by atoms with Crippen molar-refractivity contribution >= 4 is 35.0 Å². The van der Waals surface area contributed by atoms with Gasteiger partial charge in [0.2, 0.25) is 0 Å². The molecule has 0 aliphatic carbocycles. The van der Waals surface area contributed by atoms with Gasteiger partial charge in [0, 0.05) is 24.5 Å². The predicted molar refractivity (Wildman–Crippen MR) is 81.7 cm³/mol. The van der Waals surface area contributed by atoms with Crippen LogP contribution >= 0.6 is 23.8 Å². The minimum atomic E-state index is 0.592. The molecule has 0 fully saturated rings. The normalized spacial score (nSPS) is 11.4. The summed E-state index contributed by atoms with van der Waals surface area (Å²) in [6.07, 6.45) is 1.63. The van der Waals surface area contributed by atoms with Crippen molar-refractivity contribution in [2.45, 2.75) is 20.4 Å². The Bertz CT molecular complexity index is 858. The number of fused-ring (bicyclic) bond motifs is 1. The lowest BCUT2D eigenvalue weighted by Gasteiger charge is -2.05. The largest absolute Gasteiger partial charge is 0.329 e.